The van der Waals surface area contributed by atoms with Gasteiger partial charge in [-0.3, -0.25) is 0 Å². The molecule has 0 amide bonds. The van der Waals surface area contributed by atoms with E-state index in [1.807, 2.05) is 0 Å². The van der Waals surface area contributed by atoms with Gasteiger partial charge < -0.3 is 4.74 Å². The van der Waals surface area contributed by atoms with Crippen LogP contribution in [0.5, 0.6) is 0 Å². The molecule has 2 rings (SSSR count). The Kier molecular flexibility index (Phi) is 5.91. The van der Waals surface area contributed by atoms with Crippen molar-refractivity contribution in [1.29, 1.82) is 0 Å². The number of rotatable bonds is 7. The molecule has 1 aliphatic rings. The van der Waals surface area contributed by atoms with Crippen molar-refractivity contribution in [2.45, 2.75) is 46.0 Å². The van der Waals surface area contributed by atoms with Crippen molar-refractivity contribution in [3.05, 3.63) is 59.4 Å². The highest BCUT2D eigenvalue weighted by atomic mass is 16.5. The van der Waals surface area contributed by atoms with Crippen molar-refractivity contribution in [2.75, 3.05) is 6.61 Å². The third-order valence-electron chi connectivity index (χ3n) is 4.05. The molecule has 0 N–H and O–H groups in total. The predicted octanol–water partition coefficient (Wildman–Crippen LogP) is 5.29. The average molecular weight is 270 g/mol. The van der Waals surface area contributed by atoms with Gasteiger partial charge in [-0.05, 0) is 48.8 Å². The Balaban J connectivity index is 1.92. The largest absolute Gasteiger partial charge is 0.494 e. The van der Waals surface area contributed by atoms with Gasteiger partial charge in [0.25, 0.3) is 0 Å². The summed E-state index contributed by atoms with van der Waals surface area (Å²) in [6.45, 7) is 5.26. The van der Waals surface area contributed by atoms with Gasteiger partial charge in [-0.25, -0.2) is 0 Å². The fraction of sp³-hybridized carbons (Fsp3) is 0.474. The van der Waals surface area contributed by atoms with Crippen LogP contribution in [0.15, 0.2) is 53.8 Å². The first-order chi connectivity index (χ1) is 9.83. The summed E-state index contributed by atoms with van der Waals surface area (Å²) in [5.74, 6) is 1.80. The zero-order valence-electron chi connectivity index (χ0n) is 12.8. The summed E-state index contributed by atoms with van der Waals surface area (Å²) in [5, 5.41) is 0. The lowest BCUT2D eigenvalue weighted by Crippen LogP contribution is -2.13. The average Bonchev–Trinajstić information content (AvgIpc) is 2.51. The molecule has 1 atom stereocenters. The molecule has 108 valence electrons. The van der Waals surface area contributed by atoms with Gasteiger partial charge in [0.1, 0.15) is 6.61 Å². The minimum absolute atomic E-state index is 0.648. The minimum Gasteiger partial charge on any atom is -0.494 e. The molecule has 1 heteroatoms. The topological polar surface area (TPSA) is 9.23 Å². The molecule has 1 aliphatic heterocycles. The Labute approximate surface area is 123 Å². The summed E-state index contributed by atoms with van der Waals surface area (Å²) in [6.07, 6.45) is 10.2. The Hall–Kier alpha value is -1.50. The molecular weight excluding hydrogens is 244 g/mol. The third-order valence-corrected chi connectivity index (χ3v) is 4.05. The molecule has 0 aromatic heterocycles. The van der Waals surface area contributed by atoms with E-state index >= 15 is 0 Å². The zero-order chi connectivity index (χ0) is 14.2. The van der Waals surface area contributed by atoms with Crippen LogP contribution in [0.3, 0.4) is 0 Å². The normalized spacial score (nSPS) is 16.1. The lowest BCUT2D eigenvalue weighted by molar-refractivity contribution is 0.211. The second kappa shape index (κ2) is 7.94. The highest BCUT2D eigenvalue weighted by molar-refractivity contribution is 5.22. The smallest absolute Gasteiger partial charge is 0.109 e. The van der Waals surface area contributed by atoms with Crippen LogP contribution in [0.1, 0.15) is 45.1 Å². The predicted molar refractivity (Wildman–Crippen MR) is 85.6 cm³/mol. The van der Waals surface area contributed by atoms with Crippen LogP contribution in [-0.2, 0) is 11.2 Å². The number of aryl methyl sites for hydroxylation is 1. The second-order valence-electron chi connectivity index (χ2n) is 5.54. The molecule has 20 heavy (non-hydrogen) atoms. The lowest BCUT2D eigenvalue weighted by atomic mass is 9.89. The first kappa shape index (κ1) is 14.9. The highest BCUT2D eigenvalue weighted by Crippen LogP contribution is 2.26. The first-order valence-corrected chi connectivity index (χ1v) is 7.89. The monoisotopic (exact) mass is 270 g/mol. The van der Waals surface area contributed by atoms with E-state index in [1.165, 1.54) is 24.0 Å². The molecule has 1 nitrogen and oxygen atoms in total. The van der Waals surface area contributed by atoms with E-state index in [2.05, 4.69) is 56.3 Å². The quantitative estimate of drug-likeness (QED) is 0.654. The first-order valence-electron chi connectivity index (χ1n) is 7.89. The van der Waals surface area contributed by atoms with Crippen LogP contribution in [0.25, 0.3) is 0 Å². The van der Waals surface area contributed by atoms with Crippen molar-refractivity contribution in [1.82, 2.24) is 0 Å². The van der Waals surface area contributed by atoms with E-state index in [-0.39, 0.29) is 0 Å². The van der Waals surface area contributed by atoms with E-state index in [1.54, 1.807) is 0 Å². The molecule has 0 fully saturated rings. The van der Waals surface area contributed by atoms with Crippen LogP contribution < -0.4 is 0 Å². The van der Waals surface area contributed by atoms with Crippen LogP contribution in [0.2, 0.25) is 0 Å². The minimum atomic E-state index is 0.648. The van der Waals surface area contributed by atoms with E-state index in [0.717, 1.165) is 31.6 Å². The van der Waals surface area contributed by atoms with E-state index in [9.17, 15) is 0 Å². The van der Waals surface area contributed by atoms with Crippen LogP contribution >= 0.6 is 0 Å². The summed E-state index contributed by atoms with van der Waals surface area (Å²) < 4.78 is 5.86. The van der Waals surface area contributed by atoms with Gasteiger partial charge in [0, 0.05) is 6.42 Å². The van der Waals surface area contributed by atoms with Crippen molar-refractivity contribution >= 4 is 0 Å². The van der Waals surface area contributed by atoms with Crippen LogP contribution in [0.4, 0.5) is 0 Å². The van der Waals surface area contributed by atoms with Crippen LogP contribution in [0, 0.1) is 5.92 Å². The van der Waals surface area contributed by atoms with E-state index in [4.69, 9.17) is 4.74 Å². The molecule has 0 bridgehead atoms. The molecule has 0 spiro atoms. The van der Waals surface area contributed by atoms with Gasteiger partial charge in [-0.15, -0.1) is 0 Å². The second-order valence-corrected chi connectivity index (χ2v) is 5.54. The fourth-order valence-electron chi connectivity index (χ4n) is 2.77. The van der Waals surface area contributed by atoms with Crippen molar-refractivity contribution in [3.8, 4) is 0 Å². The lowest BCUT2D eigenvalue weighted by Gasteiger charge is -2.23. The van der Waals surface area contributed by atoms with E-state index in [0.29, 0.717) is 5.92 Å². The summed E-state index contributed by atoms with van der Waals surface area (Å²) >= 11 is 0. The number of benzene rings is 1. The van der Waals surface area contributed by atoms with Gasteiger partial charge in [-0.1, -0.05) is 50.3 Å². The SMILES string of the molecule is CCCC1=CC=C(C(CC)CCc2ccccc2)CO1. The summed E-state index contributed by atoms with van der Waals surface area (Å²) in [7, 11) is 0. The van der Waals surface area contributed by atoms with Crippen molar-refractivity contribution in [2.24, 2.45) is 5.92 Å². The Bertz CT molecular complexity index is 456. The molecule has 0 saturated carbocycles. The van der Waals surface area contributed by atoms with Crippen LogP contribution in [-0.4, -0.2) is 6.61 Å². The van der Waals surface area contributed by atoms with Crippen molar-refractivity contribution < 1.29 is 4.74 Å². The third kappa shape index (κ3) is 4.26. The number of ether oxygens (including phenoxy) is 1. The fourth-order valence-corrected chi connectivity index (χ4v) is 2.77. The molecule has 1 aromatic carbocycles. The molecule has 1 aromatic rings. The summed E-state index contributed by atoms with van der Waals surface area (Å²) in [6, 6.07) is 10.8. The van der Waals surface area contributed by atoms with Gasteiger partial charge >= 0.3 is 0 Å². The molecular formula is C19H26O. The number of hydrogen-bond acceptors (Lipinski definition) is 1. The molecule has 0 saturated heterocycles. The van der Waals surface area contributed by atoms with Crippen molar-refractivity contribution in [3.63, 3.8) is 0 Å². The maximum absolute atomic E-state index is 5.86. The molecule has 1 heterocycles. The zero-order valence-corrected chi connectivity index (χ0v) is 12.8. The van der Waals surface area contributed by atoms with E-state index < -0.39 is 0 Å². The molecule has 0 aliphatic carbocycles. The maximum Gasteiger partial charge on any atom is 0.109 e. The van der Waals surface area contributed by atoms with Gasteiger partial charge in [0.2, 0.25) is 0 Å². The van der Waals surface area contributed by atoms with Gasteiger partial charge in [-0.2, -0.15) is 0 Å². The summed E-state index contributed by atoms with van der Waals surface area (Å²) in [4.78, 5) is 0. The van der Waals surface area contributed by atoms with Gasteiger partial charge in [0.05, 0.1) is 5.76 Å². The van der Waals surface area contributed by atoms with Gasteiger partial charge in [0.15, 0.2) is 0 Å². The standard InChI is InChI=1S/C19H26O/c1-3-8-19-14-13-18(15-20-19)17(4-2)12-11-16-9-6-5-7-10-16/h5-7,9-10,13-14,17H,3-4,8,11-12,15H2,1-2H3. The Morgan fingerprint density at radius 2 is 1.85 bits per heavy atom. The Morgan fingerprint density at radius 3 is 2.45 bits per heavy atom. The maximum atomic E-state index is 5.86. The number of hydrogen-bond donors (Lipinski definition) is 0. The highest BCUT2D eigenvalue weighted by Gasteiger charge is 2.15. The summed E-state index contributed by atoms with van der Waals surface area (Å²) in [5.41, 5.74) is 2.90. The molecule has 0 radical (unpaired) electrons. The number of allylic oxidation sites excluding steroid dienone is 3. The molecule has 1 unspecified atom stereocenters. The Morgan fingerprint density at radius 1 is 1.05 bits per heavy atom.